The van der Waals surface area contributed by atoms with E-state index in [9.17, 15) is 32.8 Å². The molecule has 1 aliphatic heterocycles. The first-order valence-electron chi connectivity index (χ1n) is 11.6. The van der Waals surface area contributed by atoms with Gasteiger partial charge in [-0.3, -0.25) is 19.2 Å². The molecule has 11 nitrogen and oxygen atoms in total. The van der Waals surface area contributed by atoms with Gasteiger partial charge in [0, 0.05) is 24.2 Å². The van der Waals surface area contributed by atoms with Crippen molar-refractivity contribution in [2.24, 2.45) is 0 Å². The number of hydrogen-bond donors (Lipinski definition) is 4. The standard InChI is InChI=1S/C12H18N2O2.C10H12F2N2O5.C2H6/c1-7(2)14-12(15)9-5-8(3)10(13)6-11(9)16-4;11-10(12)2-7(14(4-10)5-16)9(19)13-6(3-15)1-8(17)18;1-2/h5-7H,13H2,1-4H3,(H,14,15);3,5-7H,1-2,4H2,(H,13,19)(H,17,18);1-2H3/t;6-,7-;/m.0./s1. The number of carboxylic acids is 1. The summed E-state index contributed by atoms with van der Waals surface area (Å²) < 4.78 is 31.3. The molecular formula is C24H36F2N4O7. The molecular weight excluding hydrogens is 494 g/mol. The number of carbonyl (C=O) groups is 5. The predicted octanol–water partition coefficient (Wildman–Crippen LogP) is 1.76. The van der Waals surface area contributed by atoms with Crippen LogP contribution in [0.1, 0.15) is 56.5 Å². The SMILES string of the molecule is CC.COc1cc(N)c(C)cc1C(=O)NC(C)C.O=C[C@H](CC(=O)O)NC(=O)[C@@H]1CC(F)(F)CN1C=O. The third kappa shape index (κ3) is 10.8. The number of methoxy groups -OCH3 is 1. The number of nitrogens with one attached hydrogen (secondary N) is 2. The smallest absolute Gasteiger partial charge is 0.305 e. The van der Waals surface area contributed by atoms with Crippen LogP contribution in [0.15, 0.2) is 12.1 Å². The van der Waals surface area contributed by atoms with Crippen molar-refractivity contribution in [3.05, 3.63) is 23.3 Å². The summed E-state index contributed by atoms with van der Waals surface area (Å²) in [5.41, 5.74) is 7.76. The lowest BCUT2D eigenvalue weighted by Crippen LogP contribution is -2.47. The van der Waals surface area contributed by atoms with Crippen LogP contribution in [0.25, 0.3) is 0 Å². The number of nitrogen functional groups attached to an aromatic ring is 1. The largest absolute Gasteiger partial charge is 0.496 e. The molecule has 1 fully saturated rings. The summed E-state index contributed by atoms with van der Waals surface area (Å²) >= 11 is 0. The van der Waals surface area contributed by atoms with Crippen molar-refractivity contribution in [3.63, 3.8) is 0 Å². The Bertz CT molecular complexity index is 957. The van der Waals surface area contributed by atoms with Gasteiger partial charge in [-0.15, -0.1) is 0 Å². The summed E-state index contributed by atoms with van der Waals surface area (Å²) in [6.45, 7) is 8.81. The number of likely N-dealkylation sites (tertiary alicyclic amines) is 1. The minimum atomic E-state index is -3.17. The number of ether oxygens (including phenoxy) is 1. The first-order valence-corrected chi connectivity index (χ1v) is 11.6. The summed E-state index contributed by atoms with van der Waals surface area (Å²) in [6.07, 6.45) is -1.18. The molecule has 1 aliphatic rings. The van der Waals surface area contributed by atoms with Gasteiger partial charge in [0.1, 0.15) is 18.1 Å². The number of carboxylic acid groups (broad SMARTS) is 1. The molecule has 5 N–H and O–H groups in total. The fraction of sp³-hybridized carbons (Fsp3) is 0.542. The first-order chi connectivity index (χ1) is 17.2. The van der Waals surface area contributed by atoms with Gasteiger partial charge in [0.2, 0.25) is 12.3 Å². The van der Waals surface area contributed by atoms with Crippen molar-refractivity contribution in [1.29, 1.82) is 0 Å². The minimum absolute atomic E-state index is 0.0927. The summed E-state index contributed by atoms with van der Waals surface area (Å²) in [7, 11) is 1.52. The zero-order valence-corrected chi connectivity index (χ0v) is 21.8. The van der Waals surface area contributed by atoms with E-state index in [-0.39, 0.29) is 24.6 Å². The van der Waals surface area contributed by atoms with E-state index in [2.05, 4.69) is 5.32 Å². The molecule has 37 heavy (non-hydrogen) atoms. The fourth-order valence-corrected chi connectivity index (χ4v) is 3.19. The Hall–Kier alpha value is -3.77. The molecule has 0 aromatic heterocycles. The number of nitrogens with two attached hydrogens (primary N) is 1. The molecule has 0 radical (unpaired) electrons. The van der Waals surface area contributed by atoms with E-state index in [1.54, 1.807) is 12.1 Å². The molecule has 3 amide bonds. The number of benzene rings is 1. The lowest BCUT2D eigenvalue weighted by molar-refractivity contribution is -0.139. The second-order valence-electron chi connectivity index (χ2n) is 8.24. The molecule has 2 atom stereocenters. The average molecular weight is 531 g/mol. The van der Waals surface area contributed by atoms with Crippen molar-refractivity contribution in [1.82, 2.24) is 15.5 Å². The Kier molecular flexibility index (Phi) is 13.8. The van der Waals surface area contributed by atoms with Crippen LogP contribution in [0, 0.1) is 6.92 Å². The molecule has 2 rings (SSSR count). The lowest BCUT2D eigenvalue weighted by atomic mass is 10.1. The van der Waals surface area contributed by atoms with E-state index >= 15 is 0 Å². The van der Waals surface area contributed by atoms with Crippen molar-refractivity contribution in [2.45, 2.75) is 71.5 Å². The molecule has 1 saturated heterocycles. The van der Waals surface area contributed by atoms with E-state index in [4.69, 9.17) is 15.6 Å². The van der Waals surface area contributed by atoms with Gasteiger partial charge in [-0.05, 0) is 32.4 Å². The number of hydrogen-bond acceptors (Lipinski definition) is 7. The zero-order valence-electron chi connectivity index (χ0n) is 21.8. The highest BCUT2D eigenvalue weighted by Crippen LogP contribution is 2.31. The quantitative estimate of drug-likeness (QED) is 0.277. The molecule has 0 bridgehead atoms. The van der Waals surface area contributed by atoms with Crippen molar-refractivity contribution < 1.29 is 42.6 Å². The third-order valence-electron chi connectivity index (χ3n) is 4.88. The summed E-state index contributed by atoms with van der Waals surface area (Å²) in [4.78, 5) is 55.7. The number of anilines is 1. The maximum atomic E-state index is 13.1. The van der Waals surface area contributed by atoms with Crippen molar-refractivity contribution in [3.8, 4) is 5.75 Å². The monoisotopic (exact) mass is 530 g/mol. The maximum absolute atomic E-state index is 13.1. The fourth-order valence-electron chi connectivity index (χ4n) is 3.19. The second-order valence-corrected chi connectivity index (χ2v) is 8.24. The highest BCUT2D eigenvalue weighted by atomic mass is 19.3. The topological polar surface area (TPSA) is 168 Å². The lowest BCUT2D eigenvalue weighted by Gasteiger charge is -2.20. The number of halogens is 2. The number of nitrogens with zero attached hydrogens (tertiary/aromatic N) is 1. The van der Waals surface area contributed by atoms with E-state index in [0.717, 1.165) is 5.56 Å². The molecule has 208 valence electrons. The van der Waals surface area contributed by atoms with Crippen LogP contribution >= 0.6 is 0 Å². The van der Waals surface area contributed by atoms with E-state index in [1.807, 2.05) is 39.9 Å². The number of amides is 3. The van der Waals surface area contributed by atoms with E-state index < -0.39 is 49.3 Å². The normalized spacial score (nSPS) is 16.2. The molecule has 0 saturated carbocycles. The molecule has 0 spiro atoms. The van der Waals surface area contributed by atoms with Gasteiger partial charge in [0.15, 0.2) is 0 Å². The van der Waals surface area contributed by atoms with Crippen molar-refractivity contribution >= 4 is 36.2 Å². The Morgan fingerprint density at radius 3 is 2.30 bits per heavy atom. The van der Waals surface area contributed by atoms with Crippen LogP contribution < -0.4 is 21.1 Å². The van der Waals surface area contributed by atoms with Crippen LogP contribution in [0.5, 0.6) is 5.75 Å². The number of rotatable bonds is 9. The van der Waals surface area contributed by atoms with Gasteiger partial charge in [-0.2, -0.15) is 0 Å². The Balaban J connectivity index is 0.000000665. The van der Waals surface area contributed by atoms with Gasteiger partial charge < -0.3 is 35.9 Å². The summed E-state index contributed by atoms with van der Waals surface area (Å²) in [6, 6.07) is 0.794. The highest BCUT2D eigenvalue weighted by molar-refractivity contribution is 5.98. The van der Waals surface area contributed by atoms with E-state index in [0.29, 0.717) is 21.9 Å². The third-order valence-corrected chi connectivity index (χ3v) is 4.88. The number of alkyl halides is 2. The number of aliphatic carboxylic acids is 1. The van der Waals surface area contributed by atoms with Gasteiger partial charge in [-0.1, -0.05) is 13.8 Å². The van der Waals surface area contributed by atoms with Crippen LogP contribution in [0.3, 0.4) is 0 Å². The minimum Gasteiger partial charge on any atom is -0.496 e. The van der Waals surface area contributed by atoms with E-state index in [1.165, 1.54) is 7.11 Å². The molecule has 1 aromatic carbocycles. The molecule has 1 heterocycles. The van der Waals surface area contributed by atoms with Gasteiger partial charge in [0.05, 0.1) is 31.7 Å². The summed E-state index contributed by atoms with van der Waals surface area (Å²) in [5.74, 6) is -5.10. The highest BCUT2D eigenvalue weighted by Gasteiger charge is 2.47. The van der Waals surface area contributed by atoms with Gasteiger partial charge in [-0.25, -0.2) is 8.78 Å². The van der Waals surface area contributed by atoms with Crippen LogP contribution in [0.2, 0.25) is 0 Å². The van der Waals surface area contributed by atoms with Crippen LogP contribution in [0.4, 0.5) is 14.5 Å². The molecule has 0 unspecified atom stereocenters. The number of aryl methyl sites for hydroxylation is 1. The Morgan fingerprint density at radius 1 is 1.24 bits per heavy atom. The molecule has 0 aliphatic carbocycles. The molecule has 1 aromatic rings. The van der Waals surface area contributed by atoms with Crippen molar-refractivity contribution in [2.75, 3.05) is 19.4 Å². The van der Waals surface area contributed by atoms with Gasteiger partial charge >= 0.3 is 5.97 Å². The average Bonchev–Trinajstić information content (AvgIpc) is 3.15. The Labute approximate surface area is 214 Å². The summed E-state index contributed by atoms with van der Waals surface area (Å²) in [5, 5.41) is 13.3. The van der Waals surface area contributed by atoms with Crippen LogP contribution in [-0.4, -0.2) is 78.2 Å². The first kappa shape index (κ1) is 33.2. The predicted molar refractivity (Wildman–Crippen MR) is 132 cm³/mol. The maximum Gasteiger partial charge on any atom is 0.305 e. The second kappa shape index (κ2) is 15.4. The molecule has 13 heteroatoms. The number of carbonyl (C=O) groups excluding carboxylic acids is 4. The number of aldehydes is 1. The van der Waals surface area contributed by atoms with Gasteiger partial charge in [0.25, 0.3) is 11.8 Å². The Morgan fingerprint density at radius 2 is 1.84 bits per heavy atom. The van der Waals surface area contributed by atoms with Crippen LogP contribution in [-0.2, 0) is 19.2 Å². The zero-order chi connectivity index (χ0) is 28.9.